The van der Waals surface area contributed by atoms with Crippen molar-refractivity contribution in [3.63, 3.8) is 0 Å². The third kappa shape index (κ3) is 26.2. The van der Waals surface area contributed by atoms with Crippen LogP contribution in [0.5, 0.6) is 0 Å². The van der Waals surface area contributed by atoms with E-state index in [0.29, 0.717) is 0 Å². The van der Waals surface area contributed by atoms with Crippen molar-refractivity contribution in [3.8, 4) is 0 Å². The third-order valence-corrected chi connectivity index (χ3v) is 4.70. The Hall–Kier alpha value is -0.120. The molecule has 0 rings (SSSR count). The van der Waals surface area contributed by atoms with E-state index in [2.05, 4.69) is 29.8 Å². The molecule has 3 nitrogen and oxygen atoms in total. The minimum absolute atomic E-state index is 0. The van der Waals surface area contributed by atoms with E-state index in [1.165, 1.54) is 123 Å². The maximum atomic E-state index is 3.58. The minimum Gasteiger partial charge on any atom is -0.345 e. The van der Waals surface area contributed by atoms with Crippen LogP contribution in [0.4, 0.5) is 0 Å². The molecule has 154 valence electrons. The summed E-state index contributed by atoms with van der Waals surface area (Å²) in [4.78, 5) is 0. The smallest absolute Gasteiger partial charge is 0.0882 e. The van der Waals surface area contributed by atoms with Crippen LogP contribution in [-0.4, -0.2) is 39.3 Å². The number of unbranched alkanes of at least 4 members (excludes halogenated alkanes) is 10. The fourth-order valence-corrected chi connectivity index (χ4v) is 3.03. The lowest BCUT2D eigenvalue weighted by Crippen LogP contribution is -2.85. The van der Waals surface area contributed by atoms with Crippen molar-refractivity contribution in [2.45, 2.75) is 105 Å². The van der Waals surface area contributed by atoms with Gasteiger partial charge in [-0.3, -0.25) is 0 Å². The van der Waals surface area contributed by atoms with Gasteiger partial charge in [0.1, 0.15) is 0 Å². The summed E-state index contributed by atoms with van der Waals surface area (Å²) >= 11 is 0. The Labute approximate surface area is 160 Å². The average Bonchev–Trinajstić information content (AvgIpc) is 2.60. The molecule has 0 fully saturated rings. The van der Waals surface area contributed by atoms with E-state index in [4.69, 9.17) is 0 Å². The van der Waals surface area contributed by atoms with Crippen LogP contribution >= 0.6 is 0 Å². The van der Waals surface area contributed by atoms with Crippen LogP contribution in [0.15, 0.2) is 0 Å². The molecule has 0 aliphatic rings. The maximum absolute atomic E-state index is 3.58. The van der Waals surface area contributed by atoms with Gasteiger partial charge in [0.25, 0.3) is 0 Å². The number of nitrogens with one attached hydrogen (secondary N) is 2. The summed E-state index contributed by atoms with van der Waals surface area (Å²) in [6.07, 6.45) is 18.1. The van der Waals surface area contributed by atoms with Crippen LogP contribution in [-0.2, 0) is 0 Å². The fraction of sp³-hybridized carbons (Fsp3) is 1.00. The Balaban J connectivity index is 0. The first kappa shape index (κ1) is 27.1. The van der Waals surface area contributed by atoms with Gasteiger partial charge in [0.05, 0.1) is 13.1 Å². The summed E-state index contributed by atoms with van der Waals surface area (Å²) in [7, 11) is 0. The molecule has 0 radical (unpaired) electrons. The molecule has 0 bridgehead atoms. The van der Waals surface area contributed by atoms with E-state index < -0.39 is 0 Å². The molecular weight excluding hydrogens is 306 g/mol. The van der Waals surface area contributed by atoms with Crippen LogP contribution in [0.25, 0.3) is 0 Å². The lowest BCUT2D eigenvalue weighted by atomic mass is 10.1. The topological polar surface area (TPSA) is 40.7 Å². The van der Waals surface area contributed by atoms with Crippen molar-refractivity contribution in [2.24, 2.45) is 0 Å². The normalized spacial score (nSPS) is 10.8. The van der Waals surface area contributed by atoms with Crippen molar-refractivity contribution in [3.05, 3.63) is 0 Å². The molecule has 0 unspecified atom stereocenters. The largest absolute Gasteiger partial charge is 0.345 e. The highest BCUT2D eigenvalue weighted by Crippen LogP contribution is 2.04. The van der Waals surface area contributed by atoms with E-state index in [1.54, 1.807) is 0 Å². The van der Waals surface area contributed by atoms with Crippen molar-refractivity contribution < 1.29 is 5.32 Å². The molecular formula is C22H52N3+. The minimum atomic E-state index is 0. The van der Waals surface area contributed by atoms with Gasteiger partial charge in [-0.05, 0) is 25.9 Å². The number of hydrogen-bond acceptors (Lipinski definition) is 2. The van der Waals surface area contributed by atoms with E-state index in [9.17, 15) is 0 Å². The summed E-state index contributed by atoms with van der Waals surface area (Å²) in [6, 6.07) is 0. The van der Waals surface area contributed by atoms with Crippen LogP contribution in [0.3, 0.4) is 0 Å². The molecule has 0 saturated carbocycles. The van der Waals surface area contributed by atoms with E-state index in [-0.39, 0.29) is 7.43 Å². The van der Waals surface area contributed by atoms with Crippen molar-refractivity contribution in [1.29, 1.82) is 0 Å². The van der Waals surface area contributed by atoms with Crippen molar-refractivity contribution >= 4 is 0 Å². The number of nitrogens with two attached hydrogens (primary N) is 1. The Morgan fingerprint density at radius 3 is 1.48 bits per heavy atom. The highest BCUT2D eigenvalue weighted by atomic mass is 14.9. The van der Waals surface area contributed by atoms with Crippen LogP contribution in [0, 0.1) is 0 Å². The summed E-state index contributed by atoms with van der Waals surface area (Å²) in [6.45, 7) is 11.8. The van der Waals surface area contributed by atoms with Gasteiger partial charge in [-0.1, -0.05) is 85.5 Å². The number of quaternary nitrogens is 1. The Kier molecular flexibility index (Phi) is 28.3. The SMILES string of the molecule is C.CCCCCCCCNCCC[NH2+]CCNCCCCCCCC. The number of rotatable bonds is 21. The predicted molar refractivity (Wildman–Crippen MR) is 115 cm³/mol. The third-order valence-electron chi connectivity index (χ3n) is 4.70. The Bertz CT molecular complexity index is 187. The molecule has 0 aliphatic heterocycles. The van der Waals surface area contributed by atoms with Gasteiger partial charge in [-0.15, -0.1) is 0 Å². The molecule has 0 aromatic rings. The van der Waals surface area contributed by atoms with Crippen molar-refractivity contribution in [2.75, 3.05) is 39.3 Å². The molecule has 0 heterocycles. The highest BCUT2D eigenvalue weighted by Gasteiger charge is 1.94. The standard InChI is InChI=1S/C21H47N3.CH4/c1-3-5-7-9-11-13-16-22-18-15-19-24-21-20-23-17-14-12-10-8-6-4-2;/h22-24H,3-21H2,1-2H3;1H4/p+1. The number of hydrogen-bond donors (Lipinski definition) is 3. The molecule has 25 heavy (non-hydrogen) atoms. The summed E-state index contributed by atoms with van der Waals surface area (Å²) in [5.41, 5.74) is 0. The second-order valence-electron chi connectivity index (χ2n) is 7.26. The molecule has 0 amide bonds. The predicted octanol–water partition coefficient (Wildman–Crippen LogP) is 4.48. The molecule has 0 aromatic carbocycles. The molecule has 4 N–H and O–H groups in total. The quantitative estimate of drug-likeness (QED) is 0.265. The van der Waals surface area contributed by atoms with Crippen LogP contribution in [0.2, 0.25) is 0 Å². The zero-order valence-corrected chi connectivity index (χ0v) is 17.0. The summed E-state index contributed by atoms with van der Waals surface area (Å²) < 4.78 is 0. The molecule has 0 aromatic heterocycles. The first-order chi connectivity index (χ1) is 11.9. The van der Waals surface area contributed by atoms with Gasteiger partial charge in [0.15, 0.2) is 0 Å². The zero-order chi connectivity index (χ0) is 17.6. The van der Waals surface area contributed by atoms with Gasteiger partial charge in [0, 0.05) is 19.5 Å². The molecule has 0 atom stereocenters. The Morgan fingerprint density at radius 2 is 0.920 bits per heavy atom. The van der Waals surface area contributed by atoms with Crippen molar-refractivity contribution in [1.82, 2.24) is 10.6 Å². The molecule has 3 heteroatoms. The second-order valence-corrected chi connectivity index (χ2v) is 7.26. The zero-order valence-electron chi connectivity index (χ0n) is 17.0. The monoisotopic (exact) mass is 358 g/mol. The molecule has 0 saturated heterocycles. The molecule has 0 aliphatic carbocycles. The van der Waals surface area contributed by atoms with Gasteiger partial charge >= 0.3 is 0 Å². The first-order valence-corrected chi connectivity index (χ1v) is 11.1. The fourth-order valence-electron chi connectivity index (χ4n) is 3.03. The van der Waals surface area contributed by atoms with Crippen LogP contribution < -0.4 is 16.0 Å². The van der Waals surface area contributed by atoms with E-state index in [0.717, 1.165) is 0 Å². The van der Waals surface area contributed by atoms with Gasteiger partial charge in [-0.2, -0.15) is 0 Å². The average molecular weight is 359 g/mol. The summed E-state index contributed by atoms with van der Waals surface area (Å²) in [5, 5.41) is 9.61. The molecule has 0 spiro atoms. The van der Waals surface area contributed by atoms with E-state index in [1.807, 2.05) is 0 Å². The highest BCUT2D eigenvalue weighted by molar-refractivity contribution is 4.50. The van der Waals surface area contributed by atoms with Gasteiger partial charge in [0.2, 0.25) is 0 Å². The Morgan fingerprint density at radius 1 is 0.480 bits per heavy atom. The van der Waals surface area contributed by atoms with Gasteiger partial charge < -0.3 is 16.0 Å². The van der Waals surface area contributed by atoms with Crippen LogP contribution in [0.1, 0.15) is 105 Å². The summed E-state index contributed by atoms with van der Waals surface area (Å²) in [5.74, 6) is 0. The first-order valence-electron chi connectivity index (χ1n) is 11.1. The second kappa shape index (κ2) is 26.1. The van der Waals surface area contributed by atoms with E-state index >= 15 is 0 Å². The lowest BCUT2D eigenvalue weighted by Gasteiger charge is -2.06. The van der Waals surface area contributed by atoms with Gasteiger partial charge in [-0.25, -0.2) is 0 Å². The maximum Gasteiger partial charge on any atom is 0.0882 e. The lowest BCUT2D eigenvalue weighted by molar-refractivity contribution is -0.653.